The van der Waals surface area contributed by atoms with Gasteiger partial charge >= 0.3 is 0 Å². The monoisotopic (exact) mass is 255 g/mol. The first-order valence-corrected chi connectivity index (χ1v) is 6.22. The van der Waals surface area contributed by atoms with E-state index in [2.05, 4.69) is 5.32 Å². The molecule has 98 valence electrons. The lowest BCUT2D eigenvalue weighted by atomic mass is 9.81. The molecule has 0 aliphatic rings. The zero-order valence-corrected chi connectivity index (χ0v) is 10.8. The molecule has 0 heterocycles. The molecule has 2 N–H and O–H groups in total. The molecule has 3 nitrogen and oxygen atoms in total. The number of benzene rings is 2. The van der Waals surface area contributed by atoms with Gasteiger partial charge in [0.2, 0.25) is 6.41 Å². The molecule has 0 aliphatic carbocycles. The van der Waals surface area contributed by atoms with Crippen LogP contribution < -0.4 is 5.32 Å². The number of carbonyl (C=O) groups excluding carboxylic acids is 1. The quantitative estimate of drug-likeness (QED) is 0.803. The lowest BCUT2D eigenvalue weighted by molar-refractivity contribution is -0.111. The van der Waals surface area contributed by atoms with Gasteiger partial charge in [-0.25, -0.2) is 0 Å². The largest absolute Gasteiger partial charge is 0.378 e. The highest BCUT2D eigenvalue weighted by atomic mass is 16.3. The Balaban J connectivity index is 2.53. The minimum atomic E-state index is -1.25. The van der Waals surface area contributed by atoms with Gasteiger partial charge in [-0.15, -0.1) is 0 Å². The normalized spacial score (nSPS) is 12.7. The molecule has 3 heteroatoms. The highest BCUT2D eigenvalue weighted by molar-refractivity contribution is 5.49. The number of amides is 1. The highest BCUT2D eigenvalue weighted by Crippen LogP contribution is 2.32. The van der Waals surface area contributed by atoms with E-state index < -0.39 is 11.6 Å². The Morgan fingerprint density at radius 2 is 1.42 bits per heavy atom. The van der Waals surface area contributed by atoms with Gasteiger partial charge < -0.3 is 10.4 Å². The number of hydrogen-bond donors (Lipinski definition) is 2. The average Bonchev–Trinajstić information content (AvgIpc) is 2.48. The van der Waals surface area contributed by atoms with Crippen molar-refractivity contribution in [1.82, 2.24) is 5.32 Å². The van der Waals surface area contributed by atoms with Crippen molar-refractivity contribution >= 4 is 6.41 Å². The van der Waals surface area contributed by atoms with E-state index in [0.29, 0.717) is 6.41 Å². The van der Waals surface area contributed by atoms with Crippen molar-refractivity contribution in [3.05, 3.63) is 71.8 Å². The second-order valence-electron chi connectivity index (χ2n) is 4.50. The molecule has 1 amide bonds. The zero-order chi connectivity index (χ0) is 13.7. The Morgan fingerprint density at radius 3 is 1.79 bits per heavy atom. The fourth-order valence-corrected chi connectivity index (χ4v) is 2.27. The summed E-state index contributed by atoms with van der Waals surface area (Å²) in [4.78, 5) is 10.7. The first-order valence-electron chi connectivity index (χ1n) is 6.22. The lowest BCUT2D eigenvalue weighted by Crippen LogP contribution is -2.47. The Morgan fingerprint density at radius 1 is 1.00 bits per heavy atom. The maximum atomic E-state index is 11.1. The molecule has 0 spiro atoms. The van der Waals surface area contributed by atoms with E-state index in [9.17, 15) is 9.90 Å². The summed E-state index contributed by atoms with van der Waals surface area (Å²) >= 11 is 0. The molecule has 2 rings (SSSR count). The van der Waals surface area contributed by atoms with E-state index in [1.54, 1.807) is 6.92 Å². The molecule has 19 heavy (non-hydrogen) atoms. The summed E-state index contributed by atoms with van der Waals surface area (Å²) in [5, 5.41) is 13.8. The predicted octanol–water partition coefficient (Wildman–Crippen LogP) is 2.06. The topological polar surface area (TPSA) is 49.3 Å². The molecule has 2 aromatic carbocycles. The average molecular weight is 255 g/mol. The molecule has 0 saturated carbocycles. The van der Waals surface area contributed by atoms with Crippen molar-refractivity contribution in [3.63, 3.8) is 0 Å². The van der Waals surface area contributed by atoms with Crippen molar-refractivity contribution in [1.29, 1.82) is 0 Å². The summed E-state index contributed by atoms with van der Waals surface area (Å²) in [6.45, 7) is 1.79. The molecule has 0 aliphatic heterocycles. The van der Waals surface area contributed by atoms with Gasteiger partial charge in [-0.3, -0.25) is 4.79 Å². The van der Waals surface area contributed by atoms with Crippen LogP contribution in [-0.4, -0.2) is 17.6 Å². The fraction of sp³-hybridized carbons (Fsp3) is 0.188. The van der Waals surface area contributed by atoms with Crippen LogP contribution in [0.25, 0.3) is 0 Å². The van der Waals surface area contributed by atoms with Crippen molar-refractivity contribution < 1.29 is 9.90 Å². The van der Waals surface area contributed by atoms with E-state index in [4.69, 9.17) is 0 Å². The number of rotatable bonds is 5. The minimum absolute atomic E-state index is 0.435. The molecule has 2 aromatic rings. The maximum Gasteiger partial charge on any atom is 0.207 e. The zero-order valence-electron chi connectivity index (χ0n) is 10.8. The molecule has 0 fully saturated rings. The third kappa shape index (κ3) is 2.51. The van der Waals surface area contributed by atoms with Crippen LogP contribution in [0, 0.1) is 0 Å². The smallest absolute Gasteiger partial charge is 0.207 e. The maximum absolute atomic E-state index is 11.1. The van der Waals surface area contributed by atoms with Crippen LogP contribution in [0.5, 0.6) is 0 Å². The molecule has 0 aromatic heterocycles. The van der Waals surface area contributed by atoms with Gasteiger partial charge in [-0.1, -0.05) is 60.7 Å². The fourth-order valence-electron chi connectivity index (χ4n) is 2.27. The van der Waals surface area contributed by atoms with Crippen LogP contribution in [-0.2, 0) is 10.4 Å². The summed E-state index contributed by atoms with van der Waals surface area (Å²) in [6, 6.07) is 18.3. The van der Waals surface area contributed by atoms with Crippen LogP contribution in [0.1, 0.15) is 18.1 Å². The summed E-state index contributed by atoms with van der Waals surface area (Å²) in [6.07, 6.45) is 0.613. The van der Waals surface area contributed by atoms with Gasteiger partial charge in [-0.05, 0) is 18.1 Å². The second kappa shape index (κ2) is 5.67. The minimum Gasteiger partial charge on any atom is -0.378 e. The van der Waals surface area contributed by atoms with Gasteiger partial charge in [0.15, 0.2) is 0 Å². The highest BCUT2D eigenvalue weighted by Gasteiger charge is 2.37. The van der Waals surface area contributed by atoms with Gasteiger partial charge in [0.25, 0.3) is 0 Å². The predicted molar refractivity (Wildman–Crippen MR) is 74.5 cm³/mol. The van der Waals surface area contributed by atoms with Gasteiger partial charge in [0, 0.05) is 0 Å². The number of hydrogen-bond acceptors (Lipinski definition) is 2. The van der Waals surface area contributed by atoms with Crippen LogP contribution >= 0.6 is 0 Å². The molecule has 0 saturated heterocycles. The molecular weight excluding hydrogens is 238 g/mol. The SMILES string of the molecule is C[C@H](NC=O)C(O)(c1ccccc1)c1ccccc1. The van der Waals surface area contributed by atoms with E-state index >= 15 is 0 Å². The van der Waals surface area contributed by atoms with Crippen LogP contribution in [0.2, 0.25) is 0 Å². The standard InChI is InChI=1S/C16H17NO2/c1-13(17-12-18)16(19,14-8-4-2-5-9-14)15-10-6-3-7-11-15/h2-13,19H,1H3,(H,17,18)/t13-/m0/s1. The van der Waals surface area contributed by atoms with Gasteiger partial charge in [0.05, 0.1) is 6.04 Å². The van der Waals surface area contributed by atoms with Crippen LogP contribution in [0.15, 0.2) is 60.7 Å². The first kappa shape index (κ1) is 13.3. The van der Waals surface area contributed by atoms with E-state index in [0.717, 1.165) is 11.1 Å². The van der Waals surface area contributed by atoms with Crippen molar-refractivity contribution in [3.8, 4) is 0 Å². The van der Waals surface area contributed by atoms with Crippen LogP contribution in [0.3, 0.4) is 0 Å². The van der Waals surface area contributed by atoms with Crippen LogP contribution in [0.4, 0.5) is 0 Å². The third-order valence-corrected chi connectivity index (χ3v) is 3.37. The molecule has 0 radical (unpaired) electrons. The van der Waals surface area contributed by atoms with E-state index in [-0.39, 0.29) is 0 Å². The van der Waals surface area contributed by atoms with E-state index in [1.165, 1.54) is 0 Å². The summed E-state index contributed by atoms with van der Waals surface area (Å²) < 4.78 is 0. The first-order chi connectivity index (χ1) is 9.19. The second-order valence-corrected chi connectivity index (χ2v) is 4.50. The van der Waals surface area contributed by atoms with Gasteiger partial charge in [0.1, 0.15) is 5.60 Å². The molecular formula is C16H17NO2. The Hall–Kier alpha value is -2.13. The Kier molecular flexibility index (Phi) is 3.97. The van der Waals surface area contributed by atoms with Gasteiger partial charge in [-0.2, -0.15) is 0 Å². The summed E-state index contributed by atoms with van der Waals surface area (Å²) in [7, 11) is 0. The lowest BCUT2D eigenvalue weighted by Gasteiger charge is -2.35. The van der Waals surface area contributed by atoms with E-state index in [1.807, 2.05) is 60.7 Å². The molecule has 0 unspecified atom stereocenters. The number of aliphatic hydroxyl groups is 1. The summed E-state index contributed by atoms with van der Waals surface area (Å²) in [5.74, 6) is 0. The number of nitrogens with one attached hydrogen (secondary N) is 1. The summed E-state index contributed by atoms with van der Waals surface area (Å²) in [5.41, 5.74) is 0.259. The van der Waals surface area contributed by atoms with Crippen molar-refractivity contribution in [2.45, 2.75) is 18.6 Å². The number of carbonyl (C=O) groups is 1. The Labute approximate surface area is 112 Å². The Bertz CT molecular complexity index is 485. The van der Waals surface area contributed by atoms with Crippen molar-refractivity contribution in [2.75, 3.05) is 0 Å². The van der Waals surface area contributed by atoms with Crippen molar-refractivity contribution in [2.24, 2.45) is 0 Å². The molecule has 1 atom stereocenters. The third-order valence-electron chi connectivity index (χ3n) is 3.37. The molecule has 0 bridgehead atoms.